The number of aromatic nitrogens is 3. The van der Waals surface area contributed by atoms with E-state index in [4.69, 9.17) is 0 Å². The maximum Gasteiger partial charge on any atom is 0.191 e. The van der Waals surface area contributed by atoms with Crippen molar-refractivity contribution < 1.29 is 5.11 Å². The fraction of sp³-hybridized carbons (Fsp3) is 0.222. The molecular formula is C18H19N3OS. The number of aliphatic hydroxyl groups excluding tert-OH is 1. The maximum atomic E-state index is 10.3. The number of thioether (sulfide) groups is 1. The highest BCUT2D eigenvalue weighted by Crippen LogP contribution is 2.26. The summed E-state index contributed by atoms with van der Waals surface area (Å²) in [6.45, 7) is 2.04. The first-order chi connectivity index (χ1) is 11.1. The van der Waals surface area contributed by atoms with E-state index in [0.717, 1.165) is 22.1 Å². The molecule has 118 valence electrons. The van der Waals surface area contributed by atoms with Crippen LogP contribution in [0.2, 0.25) is 0 Å². The van der Waals surface area contributed by atoms with Gasteiger partial charge in [-0.3, -0.25) is 0 Å². The summed E-state index contributed by atoms with van der Waals surface area (Å²) in [5, 5.41) is 19.6. The van der Waals surface area contributed by atoms with Gasteiger partial charge in [0.25, 0.3) is 0 Å². The predicted molar refractivity (Wildman–Crippen MR) is 93.3 cm³/mol. The van der Waals surface area contributed by atoms with Gasteiger partial charge in [0.1, 0.15) is 0 Å². The third-order valence-corrected chi connectivity index (χ3v) is 4.80. The number of hydrogen-bond acceptors (Lipinski definition) is 4. The van der Waals surface area contributed by atoms with Crippen LogP contribution in [0.4, 0.5) is 0 Å². The second-order valence-electron chi connectivity index (χ2n) is 5.47. The molecule has 23 heavy (non-hydrogen) atoms. The van der Waals surface area contributed by atoms with Gasteiger partial charge in [-0.2, -0.15) is 0 Å². The summed E-state index contributed by atoms with van der Waals surface area (Å²) in [4.78, 5) is 0. The molecular weight excluding hydrogens is 306 g/mol. The minimum absolute atomic E-state index is 0.516. The molecule has 2 aromatic carbocycles. The first kappa shape index (κ1) is 15.8. The number of aliphatic hydroxyl groups is 1. The summed E-state index contributed by atoms with van der Waals surface area (Å²) in [5.74, 6) is 1.38. The Labute approximate surface area is 140 Å². The van der Waals surface area contributed by atoms with E-state index in [2.05, 4.69) is 10.2 Å². The molecule has 0 bridgehead atoms. The molecule has 1 unspecified atom stereocenters. The molecule has 0 saturated carbocycles. The molecule has 3 rings (SSSR count). The lowest BCUT2D eigenvalue weighted by molar-refractivity contribution is 0.204. The Kier molecular flexibility index (Phi) is 4.79. The monoisotopic (exact) mass is 325 g/mol. The van der Waals surface area contributed by atoms with E-state index < -0.39 is 6.10 Å². The van der Waals surface area contributed by atoms with Gasteiger partial charge in [-0.1, -0.05) is 71.9 Å². The minimum Gasteiger partial charge on any atom is -0.388 e. The van der Waals surface area contributed by atoms with Crippen molar-refractivity contribution in [1.82, 2.24) is 14.8 Å². The largest absolute Gasteiger partial charge is 0.388 e. The third kappa shape index (κ3) is 3.63. The van der Waals surface area contributed by atoms with Crippen molar-refractivity contribution in [3.8, 4) is 11.4 Å². The Balaban J connectivity index is 1.69. The Morgan fingerprint density at radius 3 is 2.43 bits per heavy atom. The van der Waals surface area contributed by atoms with Gasteiger partial charge in [-0.15, -0.1) is 10.2 Å². The Morgan fingerprint density at radius 2 is 1.74 bits per heavy atom. The SMILES string of the molecule is Cc1ccc(C(O)CSc2nnc(-c3ccccc3)n2C)cc1. The van der Waals surface area contributed by atoms with Crippen LogP contribution in [0.25, 0.3) is 11.4 Å². The van der Waals surface area contributed by atoms with Gasteiger partial charge < -0.3 is 9.67 Å². The lowest BCUT2D eigenvalue weighted by Crippen LogP contribution is -2.02. The molecule has 0 amide bonds. The molecule has 0 aliphatic carbocycles. The summed E-state index contributed by atoms with van der Waals surface area (Å²) < 4.78 is 1.96. The van der Waals surface area contributed by atoms with E-state index in [1.807, 2.05) is 73.1 Å². The molecule has 0 aliphatic heterocycles. The average Bonchev–Trinajstić information content (AvgIpc) is 2.95. The molecule has 4 nitrogen and oxygen atoms in total. The number of benzene rings is 2. The van der Waals surface area contributed by atoms with Crippen LogP contribution in [0, 0.1) is 6.92 Å². The number of rotatable bonds is 5. The smallest absolute Gasteiger partial charge is 0.191 e. The predicted octanol–water partition coefficient (Wildman–Crippen LogP) is 3.62. The summed E-state index contributed by atoms with van der Waals surface area (Å²) in [7, 11) is 1.95. The Morgan fingerprint density at radius 1 is 1.04 bits per heavy atom. The van der Waals surface area contributed by atoms with Gasteiger partial charge in [0.05, 0.1) is 6.10 Å². The van der Waals surface area contributed by atoms with Gasteiger partial charge in [-0.25, -0.2) is 0 Å². The number of nitrogens with zero attached hydrogens (tertiary/aromatic N) is 3. The van der Waals surface area contributed by atoms with E-state index in [0.29, 0.717) is 5.75 Å². The molecule has 0 radical (unpaired) electrons. The van der Waals surface area contributed by atoms with E-state index >= 15 is 0 Å². The van der Waals surface area contributed by atoms with Gasteiger partial charge in [0.2, 0.25) is 0 Å². The highest BCUT2D eigenvalue weighted by molar-refractivity contribution is 7.99. The molecule has 1 aromatic heterocycles. The van der Waals surface area contributed by atoms with Crippen LogP contribution in [0.15, 0.2) is 59.8 Å². The lowest BCUT2D eigenvalue weighted by atomic mass is 10.1. The Bertz CT molecular complexity index is 769. The second-order valence-corrected chi connectivity index (χ2v) is 6.46. The van der Waals surface area contributed by atoms with Crippen molar-refractivity contribution in [1.29, 1.82) is 0 Å². The number of hydrogen-bond donors (Lipinski definition) is 1. The molecule has 1 N–H and O–H groups in total. The van der Waals surface area contributed by atoms with E-state index in [1.165, 1.54) is 17.3 Å². The van der Waals surface area contributed by atoms with Crippen LogP contribution in [0.1, 0.15) is 17.2 Å². The lowest BCUT2D eigenvalue weighted by Gasteiger charge is -2.10. The first-order valence-electron chi connectivity index (χ1n) is 7.47. The highest BCUT2D eigenvalue weighted by Gasteiger charge is 2.14. The number of aryl methyl sites for hydroxylation is 1. The normalized spacial score (nSPS) is 12.3. The molecule has 0 spiro atoms. The summed E-state index contributed by atoms with van der Waals surface area (Å²) in [6, 6.07) is 17.9. The van der Waals surface area contributed by atoms with Crippen molar-refractivity contribution >= 4 is 11.8 Å². The maximum absolute atomic E-state index is 10.3. The Hall–Kier alpha value is -2.11. The minimum atomic E-state index is -0.516. The van der Waals surface area contributed by atoms with Crippen LogP contribution in [-0.4, -0.2) is 25.6 Å². The van der Waals surface area contributed by atoms with Gasteiger partial charge in [-0.05, 0) is 12.5 Å². The molecule has 5 heteroatoms. The van der Waals surface area contributed by atoms with Crippen LogP contribution in [-0.2, 0) is 7.05 Å². The molecule has 3 aromatic rings. The van der Waals surface area contributed by atoms with Crippen molar-refractivity contribution in [2.45, 2.75) is 18.2 Å². The zero-order chi connectivity index (χ0) is 16.2. The molecule has 1 heterocycles. The van der Waals surface area contributed by atoms with Crippen molar-refractivity contribution in [2.75, 3.05) is 5.75 Å². The second kappa shape index (κ2) is 6.98. The van der Waals surface area contributed by atoms with Crippen molar-refractivity contribution in [2.24, 2.45) is 7.05 Å². The van der Waals surface area contributed by atoms with Crippen molar-refractivity contribution in [3.05, 3.63) is 65.7 Å². The zero-order valence-corrected chi connectivity index (χ0v) is 14.0. The van der Waals surface area contributed by atoms with Crippen LogP contribution in [0.3, 0.4) is 0 Å². The zero-order valence-electron chi connectivity index (χ0n) is 13.2. The third-order valence-electron chi connectivity index (χ3n) is 3.70. The fourth-order valence-electron chi connectivity index (χ4n) is 2.32. The first-order valence-corrected chi connectivity index (χ1v) is 8.46. The molecule has 0 saturated heterocycles. The summed E-state index contributed by atoms with van der Waals surface area (Å²) >= 11 is 1.51. The summed E-state index contributed by atoms with van der Waals surface area (Å²) in [6.07, 6.45) is -0.516. The quantitative estimate of drug-likeness (QED) is 0.728. The molecule has 0 aliphatic rings. The van der Waals surface area contributed by atoms with Gasteiger partial charge in [0.15, 0.2) is 11.0 Å². The van der Waals surface area contributed by atoms with Crippen molar-refractivity contribution in [3.63, 3.8) is 0 Å². The fourth-order valence-corrected chi connectivity index (χ4v) is 3.20. The van der Waals surface area contributed by atoms with Crippen LogP contribution >= 0.6 is 11.8 Å². The van der Waals surface area contributed by atoms with Gasteiger partial charge >= 0.3 is 0 Å². The standard InChI is InChI=1S/C18H19N3OS/c1-13-8-10-14(11-9-13)16(22)12-23-18-20-19-17(21(18)2)15-6-4-3-5-7-15/h3-11,16,22H,12H2,1-2H3. The topological polar surface area (TPSA) is 50.9 Å². The van der Waals surface area contributed by atoms with E-state index in [9.17, 15) is 5.11 Å². The highest BCUT2D eigenvalue weighted by atomic mass is 32.2. The average molecular weight is 325 g/mol. The summed E-state index contributed by atoms with van der Waals surface area (Å²) in [5.41, 5.74) is 3.15. The molecule has 0 fully saturated rings. The van der Waals surface area contributed by atoms with Gasteiger partial charge in [0, 0.05) is 18.4 Å². The van der Waals surface area contributed by atoms with E-state index in [-0.39, 0.29) is 0 Å². The van der Waals surface area contributed by atoms with Crippen LogP contribution in [0.5, 0.6) is 0 Å². The van der Waals surface area contributed by atoms with Crippen LogP contribution < -0.4 is 0 Å². The molecule has 1 atom stereocenters. The van der Waals surface area contributed by atoms with E-state index in [1.54, 1.807) is 0 Å².